The highest BCUT2D eigenvalue weighted by Gasteiger charge is 2.21. The Labute approximate surface area is 130 Å². The van der Waals surface area contributed by atoms with E-state index in [0.29, 0.717) is 0 Å². The fourth-order valence-corrected chi connectivity index (χ4v) is 3.05. The summed E-state index contributed by atoms with van der Waals surface area (Å²) in [6.07, 6.45) is 8.97. The van der Waals surface area contributed by atoms with Crippen LogP contribution in [0.1, 0.15) is 37.6 Å². The predicted molar refractivity (Wildman–Crippen MR) is 88.8 cm³/mol. The molecule has 2 heterocycles. The van der Waals surface area contributed by atoms with Crippen LogP contribution in [-0.2, 0) is 13.0 Å². The van der Waals surface area contributed by atoms with Crippen molar-refractivity contribution in [2.75, 3.05) is 0 Å². The van der Waals surface area contributed by atoms with E-state index in [1.54, 1.807) is 0 Å². The maximum Gasteiger partial charge on any atom is 0.107 e. The summed E-state index contributed by atoms with van der Waals surface area (Å²) >= 11 is 0. The normalized spacial score (nSPS) is 14.8. The zero-order valence-electron chi connectivity index (χ0n) is 13.3. The van der Waals surface area contributed by atoms with Crippen LogP contribution < -0.4 is 0 Å². The average Bonchev–Trinajstić information content (AvgIpc) is 3.01. The van der Waals surface area contributed by atoms with Crippen LogP contribution in [0, 0.1) is 12.8 Å². The SMILES string of the molecule is CCCc1nc2c(C)cc(-c3cn(CC4CC4)cn3)cc2[nH]1. The standard InChI is InChI=1S/C18H22N4/c1-3-4-17-20-15-8-14(7-12(2)18(15)21-17)16-10-22(11-19-16)9-13-5-6-13/h7-8,10-11,13H,3-6,9H2,1-2H3,(H,20,21). The van der Waals surface area contributed by atoms with E-state index in [4.69, 9.17) is 4.98 Å². The monoisotopic (exact) mass is 294 g/mol. The molecule has 4 heteroatoms. The Balaban J connectivity index is 1.69. The van der Waals surface area contributed by atoms with Gasteiger partial charge in [0.25, 0.3) is 0 Å². The number of hydrogen-bond donors (Lipinski definition) is 1. The van der Waals surface area contributed by atoms with Crippen LogP contribution in [0.3, 0.4) is 0 Å². The quantitative estimate of drug-likeness (QED) is 0.770. The van der Waals surface area contributed by atoms with E-state index >= 15 is 0 Å². The highest BCUT2D eigenvalue weighted by atomic mass is 15.0. The van der Waals surface area contributed by atoms with Crippen molar-refractivity contribution in [2.45, 2.75) is 46.1 Å². The van der Waals surface area contributed by atoms with Crippen molar-refractivity contribution in [3.05, 3.63) is 36.0 Å². The van der Waals surface area contributed by atoms with Gasteiger partial charge in [-0.1, -0.05) is 6.92 Å². The predicted octanol–water partition coefficient (Wildman–Crippen LogP) is 4.10. The van der Waals surface area contributed by atoms with Crippen LogP contribution in [-0.4, -0.2) is 19.5 Å². The molecule has 0 amide bonds. The molecule has 1 aromatic carbocycles. The highest BCUT2D eigenvalue weighted by molar-refractivity contribution is 5.84. The van der Waals surface area contributed by atoms with E-state index in [2.05, 4.69) is 46.7 Å². The van der Waals surface area contributed by atoms with Gasteiger partial charge >= 0.3 is 0 Å². The van der Waals surface area contributed by atoms with Gasteiger partial charge in [0.1, 0.15) is 5.82 Å². The molecule has 1 N–H and O–H groups in total. The third-order valence-corrected chi connectivity index (χ3v) is 4.41. The van der Waals surface area contributed by atoms with E-state index in [-0.39, 0.29) is 0 Å². The molecule has 1 saturated carbocycles. The van der Waals surface area contributed by atoms with Gasteiger partial charge in [-0.2, -0.15) is 0 Å². The number of nitrogens with zero attached hydrogens (tertiary/aromatic N) is 3. The van der Waals surface area contributed by atoms with Crippen molar-refractivity contribution >= 4 is 11.0 Å². The molecule has 0 unspecified atom stereocenters. The molecule has 0 spiro atoms. The number of benzene rings is 1. The molecular formula is C18H22N4. The number of H-pyrrole nitrogens is 1. The number of rotatable bonds is 5. The van der Waals surface area contributed by atoms with E-state index < -0.39 is 0 Å². The first-order chi connectivity index (χ1) is 10.7. The topological polar surface area (TPSA) is 46.5 Å². The van der Waals surface area contributed by atoms with Gasteiger partial charge in [-0.3, -0.25) is 0 Å². The average molecular weight is 294 g/mol. The molecule has 1 aliphatic rings. The van der Waals surface area contributed by atoms with Crippen molar-refractivity contribution in [1.29, 1.82) is 0 Å². The third kappa shape index (κ3) is 2.54. The smallest absolute Gasteiger partial charge is 0.107 e. The number of aryl methyl sites for hydroxylation is 2. The molecule has 0 bridgehead atoms. The van der Waals surface area contributed by atoms with Gasteiger partial charge in [0.05, 0.1) is 23.1 Å². The number of nitrogens with one attached hydrogen (secondary N) is 1. The first-order valence-electron chi connectivity index (χ1n) is 8.24. The molecule has 4 rings (SSSR count). The zero-order valence-corrected chi connectivity index (χ0v) is 13.3. The zero-order chi connectivity index (χ0) is 15.1. The molecule has 22 heavy (non-hydrogen) atoms. The van der Waals surface area contributed by atoms with Gasteiger partial charge in [0.2, 0.25) is 0 Å². The van der Waals surface area contributed by atoms with Crippen molar-refractivity contribution < 1.29 is 0 Å². The lowest BCUT2D eigenvalue weighted by molar-refractivity contribution is 0.626. The van der Waals surface area contributed by atoms with Gasteiger partial charge in [-0.15, -0.1) is 0 Å². The van der Waals surface area contributed by atoms with Gasteiger partial charge in [-0.05, 0) is 49.8 Å². The van der Waals surface area contributed by atoms with Crippen molar-refractivity contribution in [3.8, 4) is 11.3 Å². The summed E-state index contributed by atoms with van der Waals surface area (Å²) in [5.74, 6) is 1.95. The van der Waals surface area contributed by atoms with E-state index in [0.717, 1.165) is 47.9 Å². The molecule has 0 atom stereocenters. The Morgan fingerprint density at radius 3 is 2.95 bits per heavy atom. The van der Waals surface area contributed by atoms with Gasteiger partial charge in [-0.25, -0.2) is 9.97 Å². The summed E-state index contributed by atoms with van der Waals surface area (Å²) in [6, 6.07) is 4.38. The Bertz CT molecular complexity index is 808. The summed E-state index contributed by atoms with van der Waals surface area (Å²) < 4.78 is 2.22. The van der Waals surface area contributed by atoms with Gasteiger partial charge in [0.15, 0.2) is 0 Å². The Morgan fingerprint density at radius 2 is 2.18 bits per heavy atom. The molecule has 3 aromatic rings. The van der Waals surface area contributed by atoms with Crippen LogP contribution in [0.25, 0.3) is 22.3 Å². The molecule has 0 aliphatic heterocycles. The second kappa shape index (κ2) is 5.27. The first kappa shape index (κ1) is 13.6. The fraction of sp³-hybridized carbons (Fsp3) is 0.444. The third-order valence-electron chi connectivity index (χ3n) is 4.41. The minimum atomic E-state index is 0.871. The summed E-state index contributed by atoms with van der Waals surface area (Å²) in [4.78, 5) is 12.7. The molecule has 2 aromatic heterocycles. The minimum Gasteiger partial charge on any atom is -0.342 e. The summed E-state index contributed by atoms with van der Waals surface area (Å²) in [6.45, 7) is 5.42. The van der Waals surface area contributed by atoms with Gasteiger partial charge < -0.3 is 9.55 Å². The Morgan fingerprint density at radius 1 is 1.32 bits per heavy atom. The Hall–Kier alpha value is -2.10. The van der Waals surface area contributed by atoms with Crippen LogP contribution >= 0.6 is 0 Å². The maximum atomic E-state index is 4.71. The lowest BCUT2D eigenvalue weighted by atomic mass is 10.1. The summed E-state index contributed by atoms with van der Waals surface area (Å²) in [5, 5.41) is 0. The summed E-state index contributed by atoms with van der Waals surface area (Å²) in [5.41, 5.74) is 5.64. The molecular weight excluding hydrogens is 272 g/mol. The lowest BCUT2D eigenvalue weighted by Gasteiger charge is -2.01. The van der Waals surface area contributed by atoms with Crippen LogP contribution in [0.5, 0.6) is 0 Å². The van der Waals surface area contributed by atoms with E-state index in [1.807, 2.05) is 6.33 Å². The Kier molecular flexibility index (Phi) is 3.25. The molecule has 0 saturated heterocycles. The summed E-state index contributed by atoms with van der Waals surface area (Å²) in [7, 11) is 0. The van der Waals surface area contributed by atoms with Gasteiger partial charge in [0, 0.05) is 24.7 Å². The second-order valence-corrected chi connectivity index (χ2v) is 6.52. The van der Waals surface area contributed by atoms with Crippen molar-refractivity contribution in [1.82, 2.24) is 19.5 Å². The van der Waals surface area contributed by atoms with Crippen LogP contribution in [0.2, 0.25) is 0 Å². The maximum absolute atomic E-state index is 4.71. The molecule has 114 valence electrons. The lowest BCUT2D eigenvalue weighted by Crippen LogP contribution is -1.95. The number of imidazole rings is 2. The number of aromatic nitrogens is 4. The minimum absolute atomic E-state index is 0.871. The van der Waals surface area contributed by atoms with E-state index in [9.17, 15) is 0 Å². The fourth-order valence-electron chi connectivity index (χ4n) is 3.05. The van der Waals surface area contributed by atoms with Crippen LogP contribution in [0.15, 0.2) is 24.7 Å². The molecule has 4 nitrogen and oxygen atoms in total. The highest BCUT2D eigenvalue weighted by Crippen LogP contribution is 2.31. The largest absolute Gasteiger partial charge is 0.342 e. The van der Waals surface area contributed by atoms with Crippen molar-refractivity contribution in [3.63, 3.8) is 0 Å². The van der Waals surface area contributed by atoms with Crippen molar-refractivity contribution in [2.24, 2.45) is 5.92 Å². The first-order valence-corrected chi connectivity index (χ1v) is 8.24. The van der Waals surface area contributed by atoms with Crippen LogP contribution in [0.4, 0.5) is 0 Å². The molecule has 0 radical (unpaired) electrons. The molecule has 1 fully saturated rings. The number of hydrogen-bond acceptors (Lipinski definition) is 2. The molecule has 1 aliphatic carbocycles. The van der Waals surface area contributed by atoms with E-state index in [1.165, 1.54) is 24.0 Å². The second-order valence-electron chi connectivity index (χ2n) is 6.52. The number of aromatic amines is 1. The number of fused-ring (bicyclic) bond motifs is 1.